The van der Waals surface area contributed by atoms with E-state index in [-0.39, 0.29) is 5.91 Å². The summed E-state index contributed by atoms with van der Waals surface area (Å²) >= 11 is 0. The summed E-state index contributed by atoms with van der Waals surface area (Å²) in [6.07, 6.45) is 10.9. The van der Waals surface area contributed by atoms with E-state index in [1.807, 2.05) is 37.1 Å². The number of carbonyl (C=O) groups is 1. The largest absolute Gasteiger partial charge is 0.374 e. The lowest BCUT2D eigenvalue weighted by Gasteiger charge is -2.28. The Labute approximate surface area is 206 Å². The van der Waals surface area contributed by atoms with Gasteiger partial charge in [-0.1, -0.05) is 56.9 Å². The van der Waals surface area contributed by atoms with Gasteiger partial charge in [-0.3, -0.25) is 4.79 Å². The molecule has 0 fully saturated rings. The first kappa shape index (κ1) is 27.0. The average Bonchev–Trinajstić information content (AvgIpc) is 3.02. The number of carbonyl (C=O) groups excluding carboxylic acids is 1. The molecule has 0 spiro atoms. The van der Waals surface area contributed by atoms with Crippen LogP contribution < -0.4 is 10.2 Å². The van der Waals surface area contributed by atoms with Crippen molar-refractivity contribution >= 4 is 22.9 Å². The highest BCUT2D eigenvalue weighted by atomic mass is 16.1. The molecular formula is C30H41N3O. The van der Waals surface area contributed by atoms with Gasteiger partial charge < -0.3 is 15.1 Å². The van der Waals surface area contributed by atoms with Gasteiger partial charge in [-0.05, 0) is 68.5 Å². The maximum atomic E-state index is 12.9. The number of anilines is 1. The summed E-state index contributed by atoms with van der Waals surface area (Å²) in [6.45, 7) is 20.4. The van der Waals surface area contributed by atoms with E-state index in [1.54, 1.807) is 0 Å². The predicted molar refractivity (Wildman–Crippen MR) is 148 cm³/mol. The molecule has 0 heterocycles. The van der Waals surface area contributed by atoms with Crippen LogP contribution in [0.4, 0.5) is 5.69 Å². The zero-order chi connectivity index (χ0) is 25.4. The van der Waals surface area contributed by atoms with Gasteiger partial charge in [0.05, 0.1) is 11.3 Å². The summed E-state index contributed by atoms with van der Waals surface area (Å²) < 4.78 is 0. The molecule has 1 aromatic rings. The topological polar surface area (TPSA) is 35.6 Å². The molecule has 1 N–H and O–H groups in total. The lowest BCUT2D eigenvalue weighted by atomic mass is 9.91. The second kappa shape index (κ2) is 12.3. The van der Waals surface area contributed by atoms with Crippen LogP contribution in [-0.2, 0) is 4.79 Å². The molecule has 4 heteroatoms. The Hall–Kier alpha value is -3.27. The number of hydrogen-bond acceptors (Lipinski definition) is 3. The third-order valence-corrected chi connectivity index (χ3v) is 6.18. The number of likely N-dealkylation sites (N-methyl/N-ethyl adjacent to an activating group) is 2. The van der Waals surface area contributed by atoms with E-state index in [4.69, 9.17) is 0 Å². The van der Waals surface area contributed by atoms with Gasteiger partial charge in [0.15, 0.2) is 0 Å². The van der Waals surface area contributed by atoms with Gasteiger partial charge in [0.1, 0.15) is 0 Å². The van der Waals surface area contributed by atoms with Crippen LogP contribution in [0.15, 0.2) is 78.6 Å². The van der Waals surface area contributed by atoms with Gasteiger partial charge in [0.2, 0.25) is 0 Å². The lowest BCUT2D eigenvalue weighted by molar-refractivity contribution is -0.117. The first-order valence-electron chi connectivity index (χ1n) is 12.1. The molecule has 0 radical (unpaired) electrons. The fourth-order valence-corrected chi connectivity index (χ4v) is 4.06. The Morgan fingerprint density at radius 2 is 1.94 bits per heavy atom. The summed E-state index contributed by atoms with van der Waals surface area (Å²) in [5, 5.41) is 2.95. The molecule has 0 unspecified atom stereocenters. The minimum absolute atomic E-state index is 0.0698. The Morgan fingerprint density at radius 3 is 2.53 bits per heavy atom. The number of hydrogen-bond donors (Lipinski definition) is 1. The van der Waals surface area contributed by atoms with Gasteiger partial charge in [-0.25, -0.2) is 0 Å². The van der Waals surface area contributed by atoms with Crippen molar-refractivity contribution in [2.75, 3.05) is 32.1 Å². The smallest absolute Gasteiger partial charge is 0.253 e. The Balaban J connectivity index is 2.62. The van der Waals surface area contributed by atoms with Crippen LogP contribution in [0.5, 0.6) is 0 Å². The van der Waals surface area contributed by atoms with Crippen molar-refractivity contribution in [2.45, 2.75) is 41.0 Å². The van der Waals surface area contributed by atoms with Crippen LogP contribution in [0, 0.1) is 5.92 Å². The van der Waals surface area contributed by atoms with Gasteiger partial charge in [0.25, 0.3) is 5.91 Å². The zero-order valence-electron chi connectivity index (χ0n) is 22.0. The molecule has 0 bridgehead atoms. The third kappa shape index (κ3) is 6.19. The molecule has 0 aliphatic heterocycles. The minimum atomic E-state index is -0.0698. The SMILES string of the molecule is C=C/C=C(\c1cc(C(=C)N(C)C2=C(C(=O)NCC)C=C(C)CC=C2)ccc1N(C)CC)C(C)C. The highest BCUT2D eigenvalue weighted by Crippen LogP contribution is 2.35. The normalized spacial score (nSPS) is 14.0. The summed E-state index contributed by atoms with van der Waals surface area (Å²) in [5.41, 5.74) is 8.10. The number of allylic oxidation sites excluding steroid dienone is 6. The van der Waals surface area contributed by atoms with Crippen LogP contribution in [-0.4, -0.2) is 38.0 Å². The predicted octanol–water partition coefficient (Wildman–Crippen LogP) is 6.57. The van der Waals surface area contributed by atoms with Gasteiger partial charge in [-0.2, -0.15) is 0 Å². The molecule has 0 aromatic heterocycles. The van der Waals surface area contributed by atoms with Crippen molar-refractivity contribution in [1.82, 2.24) is 10.2 Å². The Bertz CT molecular complexity index is 1050. The molecule has 0 saturated heterocycles. The Morgan fingerprint density at radius 1 is 1.24 bits per heavy atom. The van der Waals surface area contributed by atoms with E-state index in [2.05, 4.69) is 88.5 Å². The van der Waals surface area contributed by atoms with Crippen LogP contribution in [0.3, 0.4) is 0 Å². The number of nitrogens with one attached hydrogen (secondary N) is 1. The molecule has 1 aliphatic carbocycles. The summed E-state index contributed by atoms with van der Waals surface area (Å²) in [7, 11) is 4.09. The van der Waals surface area contributed by atoms with Crippen molar-refractivity contribution in [1.29, 1.82) is 0 Å². The molecule has 4 nitrogen and oxygen atoms in total. The summed E-state index contributed by atoms with van der Waals surface area (Å²) in [6, 6.07) is 6.49. The molecule has 0 atom stereocenters. The highest BCUT2D eigenvalue weighted by molar-refractivity contribution is 5.98. The summed E-state index contributed by atoms with van der Waals surface area (Å²) in [5.74, 6) is 0.271. The molecule has 0 saturated carbocycles. The molecule has 1 aliphatic rings. The van der Waals surface area contributed by atoms with Gasteiger partial charge >= 0.3 is 0 Å². The monoisotopic (exact) mass is 459 g/mol. The molecule has 2 rings (SSSR count). The molecule has 34 heavy (non-hydrogen) atoms. The third-order valence-electron chi connectivity index (χ3n) is 6.18. The van der Waals surface area contributed by atoms with Gasteiger partial charge in [0, 0.05) is 44.1 Å². The van der Waals surface area contributed by atoms with Crippen LogP contribution in [0.25, 0.3) is 11.3 Å². The minimum Gasteiger partial charge on any atom is -0.374 e. The number of rotatable bonds is 10. The first-order chi connectivity index (χ1) is 16.2. The second-order valence-electron chi connectivity index (χ2n) is 9.02. The average molecular weight is 460 g/mol. The van der Waals surface area contributed by atoms with E-state index in [0.717, 1.165) is 35.5 Å². The zero-order valence-corrected chi connectivity index (χ0v) is 22.0. The first-order valence-corrected chi connectivity index (χ1v) is 12.1. The van der Waals surface area contributed by atoms with Crippen LogP contribution in [0.2, 0.25) is 0 Å². The highest BCUT2D eigenvalue weighted by Gasteiger charge is 2.20. The lowest BCUT2D eigenvalue weighted by Crippen LogP contribution is -2.27. The van der Waals surface area contributed by atoms with E-state index in [9.17, 15) is 4.79 Å². The van der Waals surface area contributed by atoms with Crippen molar-refractivity contribution in [2.24, 2.45) is 5.92 Å². The van der Waals surface area contributed by atoms with E-state index in [1.165, 1.54) is 16.8 Å². The van der Waals surface area contributed by atoms with E-state index >= 15 is 0 Å². The van der Waals surface area contributed by atoms with E-state index < -0.39 is 0 Å². The summed E-state index contributed by atoms with van der Waals surface area (Å²) in [4.78, 5) is 17.2. The Kier molecular flexibility index (Phi) is 9.73. The second-order valence-corrected chi connectivity index (χ2v) is 9.02. The maximum Gasteiger partial charge on any atom is 0.253 e. The van der Waals surface area contributed by atoms with Crippen molar-refractivity contribution < 1.29 is 4.79 Å². The van der Waals surface area contributed by atoms with Gasteiger partial charge in [-0.15, -0.1) is 0 Å². The van der Waals surface area contributed by atoms with E-state index in [0.29, 0.717) is 18.0 Å². The van der Waals surface area contributed by atoms with Crippen LogP contribution in [0.1, 0.15) is 52.2 Å². The molecule has 1 aromatic carbocycles. The quantitative estimate of drug-likeness (QED) is 0.402. The standard InChI is InChI=1S/C30H41N3O/c1-10-14-25(21(4)5)26-20-24(17-18-28(26)32(8)12-3)23(7)33(9)29-16-13-15-22(6)19-27(29)30(34)31-11-2/h10,13-14,16-21H,1,7,11-12,15H2,2-6,8-9H3,(H,31,34)/b25-14-. The molecule has 182 valence electrons. The fourth-order valence-electron chi connectivity index (χ4n) is 4.06. The van der Waals surface area contributed by atoms with Crippen molar-refractivity contribution in [3.8, 4) is 0 Å². The number of nitrogens with zero attached hydrogens (tertiary/aromatic N) is 2. The van der Waals surface area contributed by atoms with Crippen molar-refractivity contribution in [3.63, 3.8) is 0 Å². The molecular weight excluding hydrogens is 418 g/mol. The molecule has 1 amide bonds. The van der Waals surface area contributed by atoms with Crippen molar-refractivity contribution in [3.05, 3.63) is 89.7 Å². The van der Waals surface area contributed by atoms with Crippen LogP contribution >= 0.6 is 0 Å². The maximum absolute atomic E-state index is 12.9. The number of amides is 1. The fraction of sp³-hybridized carbons (Fsp3) is 0.367. The number of benzene rings is 1.